The number of nitrogens with one attached hydrogen (secondary N) is 1. The lowest BCUT2D eigenvalue weighted by atomic mass is 10.1. The molecule has 0 heterocycles. The zero-order chi connectivity index (χ0) is 13.9. The van der Waals surface area contributed by atoms with Gasteiger partial charge in [0.05, 0.1) is 0 Å². The molecule has 3 heteroatoms. The summed E-state index contributed by atoms with van der Waals surface area (Å²) in [4.78, 5) is 0. The van der Waals surface area contributed by atoms with Crippen LogP contribution in [-0.4, -0.2) is 6.54 Å². The normalized spacial score (nSPS) is 17.2. The third-order valence-electron chi connectivity index (χ3n) is 3.90. The van der Waals surface area contributed by atoms with Crippen LogP contribution >= 0.6 is 23.2 Å². The minimum Gasteiger partial charge on any atom is -0.310 e. The molecule has 0 fully saturated rings. The van der Waals surface area contributed by atoms with Gasteiger partial charge in [0.1, 0.15) is 0 Å². The Balaban J connectivity index is 1.57. The molecule has 1 atom stereocenters. The van der Waals surface area contributed by atoms with Crippen LogP contribution in [0.5, 0.6) is 0 Å². The van der Waals surface area contributed by atoms with Crippen molar-refractivity contribution in [1.82, 2.24) is 5.32 Å². The molecular weight excluding hydrogens is 289 g/mol. The van der Waals surface area contributed by atoms with Gasteiger partial charge in [0.2, 0.25) is 0 Å². The summed E-state index contributed by atoms with van der Waals surface area (Å²) in [6.07, 6.45) is 3.31. The SMILES string of the molecule is Clc1ccc(CCNC2CCc3cc(Cl)ccc32)cc1. The minimum absolute atomic E-state index is 0.467. The van der Waals surface area contributed by atoms with Crippen LogP contribution in [-0.2, 0) is 12.8 Å². The van der Waals surface area contributed by atoms with E-state index in [0.29, 0.717) is 6.04 Å². The van der Waals surface area contributed by atoms with Gasteiger partial charge in [-0.25, -0.2) is 0 Å². The van der Waals surface area contributed by atoms with E-state index in [1.165, 1.54) is 16.7 Å². The second-order valence-corrected chi connectivity index (χ2v) is 6.14. The lowest BCUT2D eigenvalue weighted by Crippen LogP contribution is -2.21. The average molecular weight is 306 g/mol. The zero-order valence-electron chi connectivity index (χ0n) is 11.2. The predicted octanol–water partition coefficient (Wildman–Crippen LogP) is 4.81. The van der Waals surface area contributed by atoms with Gasteiger partial charge in [-0.05, 0) is 66.8 Å². The summed E-state index contributed by atoms with van der Waals surface area (Å²) in [6, 6.07) is 14.8. The van der Waals surface area contributed by atoms with Gasteiger partial charge in [-0.3, -0.25) is 0 Å². The van der Waals surface area contributed by atoms with Crippen molar-refractivity contribution in [2.24, 2.45) is 0 Å². The van der Waals surface area contributed by atoms with Crippen LogP contribution in [0.25, 0.3) is 0 Å². The molecule has 1 aliphatic rings. The van der Waals surface area contributed by atoms with Crippen molar-refractivity contribution in [2.45, 2.75) is 25.3 Å². The van der Waals surface area contributed by atoms with Gasteiger partial charge in [0, 0.05) is 16.1 Å². The van der Waals surface area contributed by atoms with Gasteiger partial charge in [0.25, 0.3) is 0 Å². The van der Waals surface area contributed by atoms with E-state index in [1.54, 1.807) is 0 Å². The molecule has 0 saturated heterocycles. The van der Waals surface area contributed by atoms with E-state index in [1.807, 2.05) is 18.2 Å². The highest BCUT2D eigenvalue weighted by atomic mass is 35.5. The van der Waals surface area contributed by atoms with Gasteiger partial charge >= 0.3 is 0 Å². The topological polar surface area (TPSA) is 12.0 Å². The van der Waals surface area contributed by atoms with Crippen molar-refractivity contribution in [1.29, 1.82) is 0 Å². The fourth-order valence-electron chi connectivity index (χ4n) is 2.84. The van der Waals surface area contributed by atoms with Crippen LogP contribution in [0.1, 0.15) is 29.2 Å². The molecular formula is C17H17Cl2N. The van der Waals surface area contributed by atoms with E-state index in [-0.39, 0.29) is 0 Å². The standard InChI is InChI=1S/C17H17Cl2N/c18-14-4-1-12(2-5-14)9-10-20-17-8-3-13-11-15(19)6-7-16(13)17/h1-2,4-7,11,17,20H,3,8-10H2. The van der Waals surface area contributed by atoms with Gasteiger partial charge in [-0.15, -0.1) is 0 Å². The van der Waals surface area contributed by atoms with Crippen molar-refractivity contribution in [3.8, 4) is 0 Å². The largest absolute Gasteiger partial charge is 0.310 e. The van der Waals surface area contributed by atoms with E-state index in [4.69, 9.17) is 23.2 Å². The smallest absolute Gasteiger partial charge is 0.0408 e. The third-order valence-corrected chi connectivity index (χ3v) is 4.39. The van der Waals surface area contributed by atoms with Gasteiger partial charge in [-0.1, -0.05) is 41.4 Å². The van der Waals surface area contributed by atoms with E-state index >= 15 is 0 Å². The molecule has 3 rings (SSSR count). The number of halogens is 2. The molecule has 20 heavy (non-hydrogen) atoms. The van der Waals surface area contributed by atoms with Crippen molar-refractivity contribution in [3.63, 3.8) is 0 Å². The summed E-state index contributed by atoms with van der Waals surface area (Å²) in [6.45, 7) is 0.981. The molecule has 0 aliphatic heterocycles. The first-order valence-corrected chi connectivity index (χ1v) is 7.74. The van der Waals surface area contributed by atoms with E-state index in [2.05, 4.69) is 29.6 Å². The highest BCUT2D eigenvalue weighted by molar-refractivity contribution is 6.30. The van der Waals surface area contributed by atoms with Crippen LogP contribution in [0, 0.1) is 0 Å². The van der Waals surface area contributed by atoms with Gasteiger partial charge < -0.3 is 5.32 Å². The Labute approximate surface area is 129 Å². The molecule has 0 bridgehead atoms. The number of rotatable bonds is 4. The van der Waals surface area contributed by atoms with Crippen LogP contribution in [0.15, 0.2) is 42.5 Å². The second-order valence-electron chi connectivity index (χ2n) is 5.26. The van der Waals surface area contributed by atoms with E-state index in [9.17, 15) is 0 Å². The number of fused-ring (bicyclic) bond motifs is 1. The molecule has 0 saturated carbocycles. The van der Waals surface area contributed by atoms with Crippen molar-refractivity contribution in [3.05, 3.63) is 69.2 Å². The van der Waals surface area contributed by atoms with Crippen molar-refractivity contribution < 1.29 is 0 Å². The lowest BCUT2D eigenvalue weighted by molar-refractivity contribution is 0.533. The summed E-state index contributed by atoms with van der Waals surface area (Å²) in [5.41, 5.74) is 4.11. The molecule has 2 aromatic rings. The first-order valence-electron chi connectivity index (χ1n) is 6.98. The van der Waals surface area contributed by atoms with Crippen molar-refractivity contribution in [2.75, 3.05) is 6.54 Å². The molecule has 1 nitrogen and oxygen atoms in total. The molecule has 1 N–H and O–H groups in total. The van der Waals surface area contributed by atoms with E-state index < -0.39 is 0 Å². The highest BCUT2D eigenvalue weighted by Gasteiger charge is 2.21. The molecule has 0 radical (unpaired) electrons. The van der Waals surface area contributed by atoms with Crippen LogP contribution < -0.4 is 5.32 Å². The molecule has 0 amide bonds. The summed E-state index contributed by atoms with van der Waals surface area (Å²) in [5, 5.41) is 5.28. The summed E-state index contributed by atoms with van der Waals surface area (Å²) >= 11 is 11.9. The lowest BCUT2D eigenvalue weighted by Gasteiger charge is -2.14. The highest BCUT2D eigenvalue weighted by Crippen LogP contribution is 2.32. The maximum Gasteiger partial charge on any atom is 0.0408 e. The first kappa shape index (κ1) is 13.9. The molecule has 0 spiro atoms. The molecule has 2 aromatic carbocycles. The number of hydrogen-bond donors (Lipinski definition) is 1. The molecule has 1 aliphatic carbocycles. The Morgan fingerprint density at radius 1 is 1.00 bits per heavy atom. The molecule has 1 unspecified atom stereocenters. The maximum atomic E-state index is 6.04. The Morgan fingerprint density at radius 3 is 2.55 bits per heavy atom. The average Bonchev–Trinajstić information content (AvgIpc) is 2.83. The van der Waals surface area contributed by atoms with Crippen LogP contribution in [0.4, 0.5) is 0 Å². The number of benzene rings is 2. The fraction of sp³-hybridized carbons (Fsp3) is 0.294. The Hall–Kier alpha value is -1.02. The van der Waals surface area contributed by atoms with Crippen LogP contribution in [0.3, 0.4) is 0 Å². The van der Waals surface area contributed by atoms with E-state index in [0.717, 1.165) is 35.9 Å². The second kappa shape index (κ2) is 6.17. The Kier molecular flexibility index (Phi) is 4.30. The molecule has 0 aromatic heterocycles. The summed E-state index contributed by atoms with van der Waals surface area (Å²) in [5.74, 6) is 0. The fourth-order valence-corrected chi connectivity index (χ4v) is 3.16. The number of hydrogen-bond acceptors (Lipinski definition) is 1. The van der Waals surface area contributed by atoms with Gasteiger partial charge in [0.15, 0.2) is 0 Å². The quantitative estimate of drug-likeness (QED) is 0.854. The monoisotopic (exact) mass is 305 g/mol. The van der Waals surface area contributed by atoms with Crippen LogP contribution in [0.2, 0.25) is 10.0 Å². The van der Waals surface area contributed by atoms with Crippen molar-refractivity contribution >= 4 is 23.2 Å². The molecule has 104 valence electrons. The minimum atomic E-state index is 0.467. The Morgan fingerprint density at radius 2 is 1.75 bits per heavy atom. The summed E-state index contributed by atoms with van der Waals surface area (Å²) < 4.78 is 0. The summed E-state index contributed by atoms with van der Waals surface area (Å²) in [7, 11) is 0. The predicted molar refractivity (Wildman–Crippen MR) is 85.7 cm³/mol. The Bertz CT molecular complexity index is 592. The van der Waals surface area contributed by atoms with Gasteiger partial charge in [-0.2, -0.15) is 0 Å². The maximum absolute atomic E-state index is 6.04. The first-order chi connectivity index (χ1) is 9.72. The number of aryl methyl sites for hydroxylation is 1. The third kappa shape index (κ3) is 3.17. The zero-order valence-corrected chi connectivity index (χ0v) is 12.7.